The van der Waals surface area contributed by atoms with Crippen molar-refractivity contribution < 1.29 is 14.3 Å². The molecule has 1 fully saturated rings. The summed E-state index contributed by atoms with van der Waals surface area (Å²) in [5.41, 5.74) is 2.39. The molecule has 0 radical (unpaired) electrons. The lowest BCUT2D eigenvalue weighted by molar-refractivity contribution is -0.122. The Morgan fingerprint density at radius 3 is 2.63 bits per heavy atom. The van der Waals surface area contributed by atoms with Crippen LogP contribution < -0.4 is 14.8 Å². The third-order valence-electron chi connectivity index (χ3n) is 3.64. The minimum atomic E-state index is 0.204. The summed E-state index contributed by atoms with van der Waals surface area (Å²) >= 11 is 0. The van der Waals surface area contributed by atoms with Crippen molar-refractivity contribution in [3.05, 3.63) is 23.3 Å². The molecule has 1 amide bonds. The van der Waals surface area contributed by atoms with E-state index in [0.717, 1.165) is 30.8 Å². The molecular formula is C15H19NO3. The van der Waals surface area contributed by atoms with E-state index in [0.29, 0.717) is 19.8 Å². The molecule has 1 heterocycles. The molecule has 0 unspecified atom stereocenters. The quantitative estimate of drug-likeness (QED) is 0.899. The molecular weight excluding hydrogens is 242 g/mol. The van der Waals surface area contributed by atoms with Gasteiger partial charge in [-0.25, -0.2) is 0 Å². The maximum Gasteiger partial charge on any atom is 0.223 e. The van der Waals surface area contributed by atoms with Gasteiger partial charge in [-0.15, -0.1) is 0 Å². The number of ether oxygens (including phenoxy) is 2. The smallest absolute Gasteiger partial charge is 0.223 e. The lowest BCUT2D eigenvalue weighted by Gasteiger charge is -2.20. The van der Waals surface area contributed by atoms with E-state index in [9.17, 15) is 4.79 Å². The van der Waals surface area contributed by atoms with E-state index in [1.54, 1.807) is 0 Å². The third kappa shape index (κ3) is 2.83. The molecule has 4 nitrogen and oxygen atoms in total. The Labute approximate surface area is 113 Å². The van der Waals surface area contributed by atoms with Crippen molar-refractivity contribution in [2.24, 2.45) is 5.92 Å². The maximum atomic E-state index is 11.6. The molecule has 0 spiro atoms. The Kier molecular flexibility index (Phi) is 3.32. The number of hydrogen-bond acceptors (Lipinski definition) is 3. The number of hydrogen-bond donors (Lipinski definition) is 1. The van der Waals surface area contributed by atoms with Gasteiger partial charge in [0.1, 0.15) is 13.2 Å². The number of amides is 1. The second kappa shape index (κ2) is 5.11. The fourth-order valence-electron chi connectivity index (χ4n) is 2.31. The monoisotopic (exact) mass is 261 g/mol. The Morgan fingerprint density at radius 2 is 1.95 bits per heavy atom. The highest BCUT2D eigenvalue weighted by molar-refractivity contribution is 5.80. The largest absolute Gasteiger partial charge is 0.486 e. The summed E-state index contributed by atoms with van der Waals surface area (Å²) in [7, 11) is 0. The van der Waals surface area contributed by atoms with Crippen LogP contribution in [0.15, 0.2) is 12.1 Å². The Morgan fingerprint density at radius 1 is 1.26 bits per heavy atom. The van der Waals surface area contributed by atoms with Crippen LogP contribution in [0.2, 0.25) is 0 Å². The lowest BCUT2D eigenvalue weighted by atomic mass is 10.0. The van der Waals surface area contributed by atoms with Crippen molar-refractivity contribution in [1.29, 1.82) is 0 Å². The zero-order valence-corrected chi connectivity index (χ0v) is 11.2. The van der Waals surface area contributed by atoms with Gasteiger partial charge in [-0.3, -0.25) is 4.79 Å². The zero-order valence-electron chi connectivity index (χ0n) is 11.2. The normalized spacial score (nSPS) is 17.1. The first-order chi connectivity index (χ1) is 9.24. The second-order valence-corrected chi connectivity index (χ2v) is 5.24. The molecule has 102 valence electrons. The van der Waals surface area contributed by atoms with Crippen LogP contribution in [-0.2, 0) is 11.2 Å². The van der Waals surface area contributed by atoms with E-state index in [2.05, 4.69) is 12.2 Å². The average molecular weight is 261 g/mol. The molecule has 0 aromatic heterocycles. The van der Waals surface area contributed by atoms with Crippen LogP contribution in [0, 0.1) is 12.8 Å². The van der Waals surface area contributed by atoms with Gasteiger partial charge < -0.3 is 14.8 Å². The fourth-order valence-corrected chi connectivity index (χ4v) is 2.31. The predicted octanol–water partition coefficient (Wildman–Crippen LogP) is 1.83. The van der Waals surface area contributed by atoms with E-state index in [1.807, 2.05) is 12.1 Å². The summed E-state index contributed by atoms with van der Waals surface area (Å²) < 4.78 is 11.1. The van der Waals surface area contributed by atoms with Crippen LogP contribution in [-0.4, -0.2) is 25.7 Å². The number of rotatable bonds is 4. The van der Waals surface area contributed by atoms with Crippen molar-refractivity contribution in [3.8, 4) is 11.5 Å². The molecule has 4 heteroatoms. The fraction of sp³-hybridized carbons (Fsp3) is 0.533. The van der Waals surface area contributed by atoms with Gasteiger partial charge in [-0.2, -0.15) is 0 Å². The molecule has 3 rings (SSSR count). The minimum absolute atomic E-state index is 0.204. The number of fused-ring (bicyclic) bond motifs is 1. The van der Waals surface area contributed by atoms with Gasteiger partial charge in [0.15, 0.2) is 11.5 Å². The van der Waals surface area contributed by atoms with Gasteiger partial charge in [0, 0.05) is 12.5 Å². The van der Waals surface area contributed by atoms with E-state index in [4.69, 9.17) is 9.47 Å². The van der Waals surface area contributed by atoms with E-state index in [1.165, 1.54) is 11.1 Å². The SMILES string of the molecule is Cc1cc2c(cc1CCNC(=O)C1CC1)OCCO2. The second-order valence-electron chi connectivity index (χ2n) is 5.24. The predicted molar refractivity (Wildman–Crippen MR) is 71.6 cm³/mol. The minimum Gasteiger partial charge on any atom is -0.486 e. The number of aryl methyl sites for hydroxylation is 1. The zero-order chi connectivity index (χ0) is 13.2. The van der Waals surface area contributed by atoms with Crippen molar-refractivity contribution in [2.75, 3.05) is 19.8 Å². The first-order valence-electron chi connectivity index (χ1n) is 6.91. The molecule has 19 heavy (non-hydrogen) atoms. The van der Waals surface area contributed by atoms with Crippen LogP contribution in [0.4, 0.5) is 0 Å². The van der Waals surface area contributed by atoms with Crippen LogP contribution >= 0.6 is 0 Å². The van der Waals surface area contributed by atoms with Crippen LogP contribution in [0.1, 0.15) is 24.0 Å². The molecule has 0 bridgehead atoms. The first kappa shape index (κ1) is 12.3. The molecule has 1 aromatic carbocycles. The number of benzene rings is 1. The van der Waals surface area contributed by atoms with Crippen molar-refractivity contribution in [2.45, 2.75) is 26.2 Å². The van der Waals surface area contributed by atoms with Crippen LogP contribution in [0.25, 0.3) is 0 Å². The number of carbonyl (C=O) groups is 1. The van der Waals surface area contributed by atoms with Crippen LogP contribution in [0.3, 0.4) is 0 Å². The van der Waals surface area contributed by atoms with Crippen molar-refractivity contribution >= 4 is 5.91 Å². The van der Waals surface area contributed by atoms with E-state index in [-0.39, 0.29) is 11.8 Å². The molecule has 2 aliphatic rings. The molecule has 1 aliphatic heterocycles. The molecule has 1 aromatic rings. The van der Waals surface area contributed by atoms with Crippen molar-refractivity contribution in [1.82, 2.24) is 5.32 Å². The summed E-state index contributed by atoms with van der Waals surface area (Å²) in [6.07, 6.45) is 2.94. The van der Waals surface area contributed by atoms with Crippen molar-refractivity contribution in [3.63, 3.8) is 0 Å². The highest BCUT2D eigenvalue weighted by Gasteiger charge is 2.29. The topological polar surface area (TPSA) is 47.6 Å². The first-order valence-corrected chi connectivity index (χ1v) is 6.91. The van der Waals surface area contributed by atoms with Gasteiger partial charge in [0.2, 0.25) is 5.91 Å². The Balaban J connectivity index is 1.61. The highest BCUT2D eigenvalue weighted by atomic mass is 16.6. The maximum absolute atomic E-state index is 11.6. The third-order valence-corrected chi connectivity index (χ3v) is 3.64. The van der Waals surface area contributed by atoms with E-state index < -0.39 is 0 Å². The number of nitrogens with one attached hydrogen (secondary N) is 1. The van der Waals surface area contributed by atoms with Gasteiger partial charge in [0.05, 0.1) is 0 Å². The number of carbonyl (C=O) groups excluding carboxylic acids is 1. The summed E-state index contributed by atoms with van der Waals surface area (Å²) in [4.78, 5) is 11.6. The molecule has 0 saturated heterocycles. The summed E-state index contributed by atoms with van der Waals surface area (Å²) in [5.74, 6) is 2.13. The average Bonchev–Trinajstić information content (AvgIpc) is 3.23. The van der Waals surface area contributed by atoms with E-state index >= 15 is 0 Å². The molecule has 1 saturated carbocycles. The van der Waals surface area contributed by atoms with Gasteiger partial charge in [0.25, 0.3) is 0 Å². The van der Waals surface area contributed by atoms with Gasteiger partial charge in [-0.1, -0.05) is 0 Å². The molecule has 0 atom stereocenters. The van der Waals surface area contributed by atoms with Crippen LogP contribution in [0.5, 0.6) is 11.5 Å². The molecule has 1 N–H and O–H groups in total. The van der Waals surface area contributed by atoms with Gasteiger partial charge >= 0.3 is 0 Å². The lowest BCUT2D eigenvalue weighted by Crippen LogP contribution is -2.27. The van der Waals surface area contributed by atoms with Gasteiger partial charge in [-0.05, 0) is 49.4 Å². The summed E-state index contributed by atoms with van der Waals surface area (Å²) in [5, 5.41) is 2.99. The standard InChI is InChI=1S/C15H19NO3/c1-10-8-13-14(19-7-6-18-13)9-12(10)4-5-16-15(17)11-2-3-11/h8-9,11H,2-7H2,1H3,(H,16,17). The summed E-state index contributed by atoms with van der Waals surface area (Å²) in [6.45, 7) is 3.98. The Hall–Kier alpha value is -1.71. The highest BCUT2D eigenvalue weighted by Crippen LogP contribution is 2.33. The summed E-state index contributed by atoms with van der Waals surface area (Å²) in [6, 6.07) is 4.06. The Bertz CT molecular complexity index is 494. The molecule has 1 aliphatic carbocycles.